The normalized spacial score (nSPS) is 28.1. The van der Waals surface area contributed by atoms with Gasteiger partial charge >= 0.3 is 0 Å². The molecule has 5 rings (SSSR count). The summed E-state index contributed by atoms with van der Waals surface area (Å²) in [6, 6.07) is 4.02. The number of carbonyl (C=O) groups is 1. The van der Waals surface area contributed by atoms with E-state index in [4.69, 9.17) is 4.74 Å². The SMILES string of the molecule is O=C1CN(S(=O)(=O)C2CCCCC2)CC2OC3(CCN(c4ccncc4)CC3)CN12. The lowest BCUT2D eigenvalue weighted by Gasteiger charge is -2.39. The third-order valence-corrected chi connectivity index (χ3v) is 9.53. The van der Waals surface area contributed by atoms with E-state index in [1.54, 1.807) is 17.3 Å². The summed E-state index contributed by atoms with van der Waals surface area (Å²) < 4.78 is 34.1. The quantitative estimate of drug-likeness (QED) is 0.718. The summed E-state index contributed by atoms with van der Waals surface area (Å²) in [6.45, 7) is 2.49. The number of hydrogen-bond acceptors (Lipinski definition) is 6. The molecule has 1 atom stereocenters. The van der Waals surface area contributed by atoms with Crippen molar-refractivity contribution in [3.05, 3.63) is 24.5 Å². The Hall–Kier alpha value is -1.71. The number of nitrogens with zero attached hydrogens (tertiary/aromatic N) is 4. The number of anilines is 1. The van der Waals surface area contributed by atoms with Crippen molar-refractivity contribution in [2.75, 3.05) is 37.6 Å². The van der Waals surface area contributed by atoms with E-state index in [1.165, 1.54) is 4.31 Å². The van der Waals surface area contributed by atoms with Gasteiger partial charge in [-0.25, -0.2) is 8.42 Å². The third-order valence-electron chi connectivity index (χ3n) is 7.22. The smallest absolute Gasteiger partial charge is 0.240 e. The first kappa shape index (κ1) is 20.2. The van der Waals surface area contributed by atoms with Crippen LogP contribution in [0.25, 0.3) is 0 Å². The van der Waals surface area contributed by atoms with Crippen LogP contribution >= 0.6 is 0 Å². The molecular formula is C21H30N4O4S. The molecule has 0 N–H and O–H groups in total. The molecule has 1 aromatic rings. The monoisotopic (exact) mass is 434 g/mol. The lowest BCUT2D eigenvalue weighted by atomic mass is 9.91. The van der Waals surface area contributed by atoms with Gasteiger partial charge in [-0.15, -0.1) is 0 Å². The molecule has 4 fully saturated rings. The van der Waals surface area contributed by atoms with Crippen molar-refractivity contribution in [2.45, 2.75) is 62.0 Å². The van der Waals surface area contributed by atoms with Crippen molar-refractivity contribution in [2.24, 2.45) is 0 Å². The van der Waals surface area contributed by atoms with Crippen LogP contribution in [0.15, 0.2) is 24.5 Å². The zero-order chi connectivity index (χ0) is 20.8. The van der Waals surface area contributed by atoms with Crippen molar-refractivity contribution >= 4 is 21.6 Å². The maximum atomic E-state index is 13.1. The Labute approximate surface area is 178 Å². The molecule has 1 saturated carbocycles. The number of piperidine rings is 1. The number of amides is 1. The molecule has 0 bridgehead atoms. The molecule has 0 aromatic carbocycles. The van der Waals surface area contributed by atoms with Crippen LogP contribution in [0.1, 0.15) is 44.9 Å². The van der Waals surface area contributed by atoms with Gasteiger partial charge in [0, 0.05) is 31.2 Å². The van der Waals surface area contributed by atoms with Gasteiger partial charge in [0.25, 0.3) is 0 Å². The van der Waals surface area contributed by atoms with Crippen LogP contribution in [0.3, 0.4) is 0 Å². The van der Waals surface area contributed by atoms with Gasteiger partial charge in [-0.3, -0.25) is 9.78 Å². The van der Waals surface area contributed by atoms with E-state index in [2.05, 4.69) is 9.88 Å². The summed E-state index contributed by atoms with van der Waals surface area (Å²) in [5.41, 5.74) is 0.783. The number of sulfonamides is 1. The van der Waals surface area contributed by atoms with Gasteiger partial charge in [0.1, 0.15) is 6.23 Å². The molecule has 1 unspecified atom stereocenters. The first-order chi connectivity index (χ1) is 14.5. The summed E-state index contributed by atoms with van der Waals surface area (Å²) in [4.78, 5) is 21.0. The Balaban J connectivity index is 1.26. The zero-order valence-electron chi connectivity index (χ0n) is 17.3. The average molecular weight is 435 g/mol. The minimum absolute atomic E-state index is 0.0437. The molecule has 4 heterocycles. The van der Waals surface area contributed by atoms with E-state index in [0.29, 0.717) is 19.4 Å². The standard InChI is InChI=1S/C21H30N4O4S/c26-19-14-24(30(27,28)18-4-2-1-3-5-18)15-20-25(19)16-21(29-20)8-12-23(13-9-21)17-6-10-22-11-7-17/h6-7,10-11,18,20H,1-5,8-9,12-16H2. The minimum atomic E-state index is -3.45. The Kier molecular flexibility index (Phi) is 5.23. The maximum absolute atomic E-state index is 13.1. The Morgan fingerprint density at radius 3 is 2.47 bits per heavy atom. The number of aromatic nitrogens is 1. The van der Waals surface area contributed by atoms with Gasteiger partial charge in [0.15, 0.2) is 0 Å². The maximum Gasteiger partial charge on any atom is 0.240 e. The van der Waals surface area contributed by atoms with Gasteiger partial charge in [-0.2, -0.15) is 4.31 Å². The highest BCUT2D eigenvalue weighted by molar-refractivity contribution is 7.89. The molecule has 1 aliphatic carbocycles. The first-order valence-corrected chi connectivity index (χ1v) is 12.6. The van der Waals surface area contributed by atoms with E-state index in [1.807, 2.05) is 12.1 Å². The summed E-state index contributed by atoms with van der Waals surface area (Å²) in [5.74, 6) is -0.126. The largest absolute Gasteiger partial charge is 0.371 e. The number of rotatable bonds is 3. The Bertz CT molecular complexity index is 880. The number of carbonyl (C=O) groups excluding carboxylic acids is 1. The predicted octanol–water partition coefficient (Wildman–Crippen LogP) is 1.58. The zero-order valence-corrected chi connectivity index (χ0v) is 18.1. The number of fused-ring (bicyclic) bond motifs is 1. The van der Waals surface area contributed by atoms with Crippen LogP contribution in [0.2, 0.25) is 0 Å². The fourth-order valence-corrected chi connectivity index (χ4v) is 7.41. The molecule has 1 amide bonds. The molecule has 0 radical (unpaired) electrons. The Morgan fingerprint density at radius 2 is 1.77 bits per heavy atom. The van der Waals surface area contributed by atoms with Crippen molar-refractivity contribution in [1.82, 2.24) is 14.2 Å². The number of hydrogen-bond donors (Lipinski definition) is 0. The van der Waals surface area contributed by atoms with Gasteiger partial charge in [0.2, 0.25) is 15.9 Å². The predicted molar refractivity (Wildman–Crippen MR) is 112 cm³/mol. The molecular weight excluding hydrogens is 404 g/mol. The van der Waals surface area contributed by atoms with Crippen LogP contribution in [0.5, 0.6) is 0 Å². The summed E-state index contributed by atoms with van der Waals surface area (Å²) in [6.07, 6.45) is 9.20. The highest BCUT2D eigenvalue weighted by atomic mass is 32.2. The third kappa shape index (κ3) is 3.61. The highest BCUT2D eigenvalue weighted by Crippen LogP contribution is 2.39. The lowest BCUT2D eigenvalue weighted by Crippen LogP contribution is -2.57. The fraction of sp³-hybridized carbons (Fsp3) is 0.714. The van der Waals surface area contributed by atoms with E-state index >= 15 is 0 Å². The van der Waals surface area contributed by atoms with Gasteiger partial charge in [0.05, 0.1) is 30.5 Å². The molecule has 3 aliphatic heterocycles. The van der Waals surface area contributed by atoms with Crippen molar-refractivity contribution in [1.29, 1.82) is 0 Å². The van der Waals surface area contributed by atoms with Crippen LogP contribution in [-0.4, -0.2) is 78.3 Å². The summed E-state index contributed by atoms with van der Waals surface area (Å²) in [7, 11) is -3.45. The van der Waals surface area contributed by atoms with Crippen LogP contribution in [0.4, 0.5) is 5.69 Å². The Morgan fingerprint density at radius 1 is 1.07 bits per heavy atom. The minimum Gasteiger partial charge on any atom is -0.371 e. The molecule has 4 aliphatic rings. The lowest BCUT2D eigenvalue weighted by molar-refractivity contribution is -0.144. The first-order valence-electron chi connectivity index (χ1n) is 11.1. The molecule has 30 heavy (non-hydrogen) atoms. The van der Waals surface area contributed by atoms with Gasteiger partial charge < -0.3 is 14.5 Å². The highest BCUT2D eigenvalue weighted by Gasteiger charge is 2.52. The van der Waals surface area contributed by atoms with Crippen molar-refractivity contribution in [3.8, 4) is 0 Å². The number of pyridine rings is 1. The topological polar surface area (TPSA) is 83.0 Å². The number of piperazine rings is 1. The molecule has 1 aromatic heterocycles. The van der Waals surface area contributed by atoms with E-state index in [-0.39, 0.29) is 29.8 Å². The second-order valence-corrected chi connectivity index (χ2v) is 11.3. The second kappa shape index (κ2) is 7.76. The van der Waals surface area contributed by atoms with E-state index in [0.717, 1.165) is 50.9 Å². The summed E-state index contributed by atoms with van der Waals surface area (Å²) in [5, 5.41) is -0.343. The molecule has 3 saturated heterocycles. The average Bonchev–Trinajstić information content (AvgIpc) is 3.14. The molecule has 8 nitrogen and oxygen atoms in total. The van der Waals surface area contributed by atoms with E-state index < -0.39 is 16.3 Å². The molecule has 164 valence electrons. The van der Waals surface area contributed by atoms with Crippen molar-refractivity contribution in [3.63, 3.8) is 0 Å². The van der Waals surface area contributed by atoms with E-state index in [9.17, 15) is 13.2 Å². The molecule has 1 spiro atoms. The fourth-order valence-electron chi connectivity index (χ4n) is 5.44. The van der Waals surface area contributed by atoms with Gasteiger partial charge in [-0.1, -0.05) is 19.3 Å². The van der Waals surface area contributed by atoms with Crippen molar-refractivity contribution < 1.29 is 17.9 Å². The van der Waals surface area contributed by atoms with Crippen LogP contribution in [0, 0.1) is 0 Å². The van der Waals surface area contributed by atoms with Crippen LogP contribution < -0.4 is 4.90 Å². The van der Waals surface area contributed by atoms with Crippen LogP contribution in [-0.2, 0) is 19.6 Å². The molecule has 9 heteroatoms. The summed E-state index contributed by atoms with van der Waals surface area (Å²) >= 11 is 0. The number of ether oxygens (including phenoxy) is 1. The second-order valence-electron chi connectivity index (χ2n) is 9.07. The van der Waals surface area contributed by atoms with Gasteiger partial charge in [-0.05, 0) is 37.8 Å².